The van der Waals surface area contributed by atoms with Gasteiger partial charge in [0.2, 0.25) is 0 Å². The molecule has 0 bridgehead atoms. The van der Waals surface area contributed by atoms with Crippen molar-refractivity contribution >= 4 is 50.1 Å². The number of benzene rings is 2. The van der Waals surface area contributed by atoms with Gasteiger partial charge in [0.25, 0.3) is 0 Å². The highest BCUT2D eigenvalue weighted by atomic mass is 79.9. The Morgan fingerprint density at radius 1 is 1.14 bits per heavy atom. The molecule has 0 aliphatic carbocycles. The molecule has 3 rings (SSSR count). The molecule has 2 aromatic carbocycles. The van der Waals surface area contributed by atoms with Crippen LogP contribution in [0.3, 0.4) is 0 Å². The van der Waals surface area contributed by atoms with Crippen LogP contribution >= 0.6 is 39.1 Å². The lowest BCUT2D eigenvalue weighted by atomic mass is 10.0. The minimum atomic E-state index is -0.456. The maximum atomic E-state index is 6.34. The van der Waals surface area contributed by atoms with E-state index in [0.717, 1.165) is 26.6 Å². The Kier molecular flexibility index (Phi) is 4.02. The molecule has 1 unspecified atom stereocenters. The summed E-state index contributed by atoms with van der Waals surface area (Å²) in [5.41, 5.74) is 8.91. The molecule has 1 heterocycles. The van der Waals surface area contributed by atoms with Crippen molar-refractivity contribution < 1.29 is 4.42 Å². The standard InChI is InChI=1S/C16H12BrCl2NO/c1-8-11-4-2-9(17)6-14(11)21-16(8)15(20)12-7-10(18)3-5-13(12)19/h2-7,15H,20H2,1H3. The molecule has 0 radical (unpaired) electrons. The lowest BCUT2D eigenvalue weighted by Gasteiger charge is -2.12. The molecule has 2 nitrogen and oxygen atoms in total. The Morgan fingerprint density at radius 2 is 1.90 bits per heavy atom. The number of halogens is 3. The predicted octanol–water partition coefficient (Wildman–Crippen LogP) is 5.86. The van der Waals surface area contributed by atoms with Gasteiger partial charge < -0.3 is 10.2 Å². The number of hydrogen-bond acceptors (Lipinski definition) is 2. The highest BCUT2D eigenvalue weighted by Crippen LogP contribution is 2.35. The average Bonchev–Trinajstić information content (AvgIpc) is 2.77. The summed E-state index contributed by atoms with van der Waals surface area (Å²) in [6.45, 7) is 1.99. The summed E-state index contributed by atoms with van der Waals surface area (Å²) < 4.78 is 6.90. The number of fused-ring (bicyclic) bond motifs is 1. The molecule has 0 aliphatic rings. The Balaban J connectivity index is 2.15. The van der Waals surface area contributed by atoms with Crippen LogP contribution in [0.4, 0.5) is 0 Å². The smallest absolute Gasteiger partial charge is 0.135 e. The first-order chi connectivity index (χ1) is 9.97. The zero-order valence-corrected chi connectivity index (χ0v) is 14.3. The summed E-state index contributed by atoms with van der Waals surface area (Å²) in [7, 11) is 0. The molecule has 21 heavy (non-hydrogen) atoms. The quantitative estimate of drug-likeness (QED) is 0.601. The second kappa shape index (κ2) is 5.65. The molecule has 0 amide bonds. The van der Waals surface area contributed by atoms with Crippen molar-refractivity contribution in [2.45, 2.75) is 13.0 Å². The van der Waals surface area contributed by atoms with Crippen molar-refractivity contribution in [1.82, 2.24) is 0 Å². The molecule has 2 N–H and O–H groups in total. The van der Waals surface area contributed by atoms with E-state index in [9.17, 15) is 0 Å². The van der Waals surface area contributed by atoms with Gasteiger partial charge in [0.05, 0.1) is 6.04 Å². The summed E-state index contributed by atoms with van der Waals surface area (Å²) in [5, 5.41) is 2.22. The number of furan rings is 1. The van der Waals surface area contributed by atoms with Crippen molar-refractivity contribution in [3.8, 4) is 0 Å². The minimum absolute atomic E-state index is 0.456. The van der Waals surface area contributed by atoms with Gasteiger partial charge in [-0.25, -0.2) is 0 Å². The molecule has 0 spiro atoms. The first-order valence-electron chi connectivity index (χ1n) is 6.36. The van der Waals surface area contributed by atoms with Gasteiger partial charge in [0, 0.05) is 25.5 Å². The van der Waals surface area contributed by atoms with E-state index >= 15 is 0 Å². The Bertz CT molecular complexity index is 829. The van der Waals surface area contributed by atoms with Crippen molar-refractivity contribution in [1.29, 1.82) is 0 Å². The molecule has 0 aliphatic heterocycles. The van der Waals surface area contributed by atoms with E-state index in [2.05, 4.69) is 15.9 Å². The van der Waals surface area contributed by atoms with Crippen molar-refractivity contribution in [2.24, 2.45) is 5.73 Å². The average molecular weight is 385 g/mol. The second-order valence-electron chi connectivity index (χ2n) is 4.88. The predicted molar refractivity (Wildman–Crippen MR) is 91.1 cm³/mol. The lowest BCUT2D eigenvalue weighted by Crippen LogP contribution is -2.12. The summed E-state index contributed by atoms with van der Waals surface area (Å²) in [6, 6.07) is 10.7. The maximum Gasteiger partial charge on any atom is 0.135 e. The fourth-order valence-electron chi connectivity index (χ4n) is 2.41. The van der Waals surface area contributed by atoms with Crippen LogP contribution in [0.15, 0.2) is 45.3 Å². The number of rotatable bonds is 2. The largest absolute Gasteiger partial charge is 0.459 e. The fourth-order valence-corrected chi connectivity index (χ4v) is 3.16. The summed E-state index contributed by atoms with van der Waals surface area (Å²) in [6.07, 6.45) is 0. The Hall–Kier alpha value is -1.000. The molecule has 0 fully saturated rings. The highest BCUT2D eigenvalue weighted by molar-refractivity contribution is 9.10. The molecule has 1 atom stereocenters. The fraction of sp³-hybridized carbons (Fsp3) is 0.125. The third-order valence-electron chi connectivity index (χ3n) is 3.51. The van der Waals surface area contributed by atoms with E-state index in [4.69, 9.17) is 33.4 Å². The third kappa shape index (κ3) is 2.71. The molecule has 0 saturated heterocycles. The van der Waals surface area contributed by atoms with E-state index in [0.29, 0.717) is 15.8 Å². The molecule has 5 heteroatoms. The number of nitrogens with two attached hydrogens (primary N) is 1. The van der Waals surface area contributed by atoms with Gasteiger partial charge in [-0.15, -0.1) is 0 Å². The highest BCUT2D eigenvalue weighted by Gasteiger charge is 2.21. The van der Waals surface area contributed by atoms with E-state index in [1.165, 1.54) is 0 Å². The van der Waals surface area contributed by atoms with E-state index in [-0.39, 0.29) is 0 Å². The molecular formula is C16H12BrCl2NO. The number of aryl methyl sites for hydroxylation is 1. The SMILES string of the molecule is Cc1c(C(N)c2cc(Cl)ccc2Cl)oc2cc(Br)ccc12. The molecule has 108 valence electrons. The van der Waals surface area contributed by atoms with Crippen LogP contribution in [0.25, 0.3) is 11.0 Å². The lowest BCUT2D eigenvalue weighted by molar-refractivity contribution is 0.521. The van der Waals surface area contributed by atoms with Crippen molar-refractivity contribution in [3.63, 3.8) is 0 Å². The van der Waals surface area contributed by atoms with Crippen LogP contribution in [-0.4, -0.2) is 0 Å². The summed E-state index contributed by atoms with van der Waals surface area (Å²) >= 11 is 15.7. The first-order valence-corrected chi connectivity index (χ1v) is 7.91. The van der Waals surface area contributed by atoms with Gasteiger partial charge in [0.1, 0.15) is 11.3 Å². The van der Waals surface area contributed by atoms with Crippen molar-refractivity contribution in [3.05, 3.63) is 67.8 Å². The minimum Gasteiger partial charge on any atom is -0.459 e. The van der Waals surface area contributed by atoms with Crippen LogP contribution in [0, 0.1) is 6.92 Å². The van der Waals surface area contributed by atoms with Crippen LogP contribution in [0.2, 0.25) is 10.0 Å². The second-order valence-corrected chi connectivity index (χ2v) is 6.63. The van der Waals surface area contributed by atoms with Crippen LogP contribution in [0.1, 0.15) is 22.9 Å². The Morgan fingerprint density at radius 3 is 2.67 bits per heavy atom. The van der Waals surface area contributed by atoms with Crippen LogP contribution < -0.4 is 5.73 Å². The van der Waals surface area contributed by atoms with Crippen molar-refractivity contribution in [2.75, 3.05) is 0 Å². The molecule has 0 saturated carbocycles. The Labute approximate surface area is 141 Å². The summed E-state index contributed by atoms with van der Waals surface area (Å²) in [4.78, 5) is 0. The van der Waals surface area contributed by atoms with Crippen LogP contribution in [0.5, 0.6) is 0 Å². The third-order valence-corrected chi connectivity index (χ3v) is 4.59. The zero-order valence-electron chi connectivity index (χ0n) is 11.2. The van der Waals surface area contributed by atoms with Gasteiger partial charge in [-0.3, -0.25) is 0 Å². The van der Waals surface area contributed by atoms with Gasteiger partial charge in [-0.1, -0.05) is 39.1 Å². The van der Waals surface area contributed by atoms with Gasteiger partial charge >= 0.3 is 0 Å². The zero-order chi connectivity index (χ0) is 15.1. The number of hydrogen-bond donors (Lipinski definition) is 1. The van der Waals surface area contributed by atoms with Gasteiger partial charge in [-0.05, 0) is 48.9 Å². The van der Waals surface area contributed by atoms with Gasteiger partial charge in [-0.2, -0.15) is 0 Å². The van der Waals surface area contributed by atoms with Crippen LogP contribution in [-0.2, 0) is 0 Å². The maximum absolute atomic E-state index is 6.34. The molecule has 1 aromatic heterocycles. The topological polar surface area (TPSA) is 39.2 Å². The molecule has 3 aromatic rings. The van der Waals surface area contributed by atoms with E-state index < -0.39 is 6.04 Å². The van der Waals surface area contributed by atoms with E-state index in [1.54, 1.807) is 18.2 Å². The first kappa shape index (κ1) is 14.9. The molecular weight excluding hydrogens is 373 g/mol. The monoisotopic (exact) mass is 383 g/mol. The normalized spacial score (nSPS) is 12.8. The van der Waals surface area contributed by atoms with E-state index in [1.807, 2.05) is 25.1 Å². The van der Waals surface area contributed by atoms with Gasteiger partial charge in [0.15, 0.2) is 0 Å². The summed E-state index contributed by atoms with van der Waals surface area (Å²) in [5.74, 6) is 0.701.